The lowest BCUT2D eigenvalue weighted by molar-refractivity contribution is 0.164. The average molecular weight is 261 g/mol. The zero-order valence-corrected chi connectivity index (χ0v) is 11.7. The van der Waals surface area contributed by atoms with E-state index in [0.717, 1.165) is 23.5 Å². The molecule has 1 unspecified atom stereocenters. The number of aryl methyl sites for hydroxylation is 3. The number of hydrogen-bond donors (Lipinski definition) is 1. The van der Waals surface area contributed by atoms with E-state index >= 15 is 0 Å². The van der Waals surface area contributed by atoms with Gasteiger partial charge in [-0.15, -0.1) is 11.3 Å². The van der Waals surface area contributed by atoms with Gasteiger partial charge in [0.05, 0.1) is 16.8 Å². The number of aliphatic hydroxyl groups excluding tert-OH is 1. The van der Waals surface area contributed by atoms with Gasteiger partial charge in [0, 0.05) is 11.8 Å². The van der Waals surface area contributed by atoms with Gasteiger partial charge in [0.15, 0.2) is 0 Å². The fourth-order valence-electron chi connectivity index (χ4n) is 2.06. The van der Waals surface area contributed by atoms with Crippen molar-refractivity contribution in [1.29, 1.82) is 0 Å². The van der Waals surface area contributed by atoms with Crippen LogP contribution in [0.15, 0.2) is 29.6 Å². The van der Waals surface area contributed by atoms with E-state index < -0.39 is 0 Å². The predicted molar refractivity (Wildman–Crippen MR) is 76.1 cm³/mol. The number of aromatic nitrogens is 1. The van der Waals surface area contributed by atoms with Crippen molar-refractivity contribution in [3.05, 3.63) is 51.5 Å². The predicted octanol–water partition coefficient (Wildman–Crippen LogP) is 3.30. The van der Waals surface area contributed by atoms with Crippen LogP contribution in [0, 0.1) is 13.8 Å². The van der Waals surface area contributed by atoms with Crippen LogP contribution in [0.1, 0.15) is 28.2 Å². The van der Waals surface area contributed by atoms with Gasteiger partial charge in [0.2, 0.25) is 0 Å². The van der Waals surface area contributed by atoms with Gasteiger partial charge in [-0.3, -0.25) is 0 Å². The van der Waals surface area contributed by atoms with Crippen LogP contribution in [0.3, 0.4) is 0 Å². The summed E-state index contributed by atoms with van der Waals surface area (Å²) >= 11 is 1.64. The van der Waals surface area contributed by atoms with Crippen LogP contribution in [0.4, 0.5) is 0 Å². The van der Waals surface area contributed by atoms with Gasteiger partial charge in [0.25, 0.3) is 0 Å². The van der Waals surface area contributed by atoms with E-state index in [1.807, 2.05) is 18.4 Å². The Balaban J connectivity index is 1.85. The van der Waals surface area contributed by atoms with Crippen LogP contribution in [0.5, 0.6) is 0 Å². The van der Waals surface area contributed by atoms with Gasteiger partial charge in [0.1, 0.15) is 0 Å². The molecular weight excluding hydrogens is 242 g/mol. The maximum absolute atomic E-state index is 10.0. The minimum absolute atomic E-state index is 0.300. The van der Waals surface area contributed by atoms with Gasteiger partial charge < -0.3 is 5.11 Å². The monoisotopic (exact) mass is 261 g/mol. The summed E-state index contributed by atoms with van der Waals surface area (Å²) in [4.78, 5) is 4.38. The summed E-state index contributed by atoms with van der Waals surface area (Å²) in [5.41, 5.74) is 3.63. The van der Waals surface area contributed by atoms with Crippen molar-refractivity contribution in [2.45, 2.75) is 39.2 Å². The first-order valence-corrected chi connectivity index (χ1v) is 7.16. The molecule has 0 bridgehead atoms. The van der Waals surface area contributed by atoms with Gasteiger partial charge in [-0.25, -0.2) is 4.98 Å². The highest BCUT2D eigenvalue weighted by atomic mass is 32.1. The summed E-state index contributed by atoms with van der Waals surface area (Å²) < 4.78 is 0. The highest BCUT2D eigenvalue weighted by Gasteiger charge is 2.09. The molecule has 0 radical (unpaired) electrons. The fourth-order valence-corrected chi connectivity index (χ4v) is 2.68. The summed E-state index contributed by atoms with van der Waals surface area (Å²) in [6, 6.07) is 8.35. The van der Waals surface area contributed by atoms with E-state index in [0.29, 0.717) is 6.42 Å². The molecule has 2 aromatic rings. The lowest BCUT2D eigenvalue weighted by Crippen LogP contribution is -2.12. The van der Waals surface area contributed by atoms with Crippen molar-refractivity contribution in [1.82, 2.24) is 4.98 Å². The van der Waals surface area contributed by atoms with Crippen LogP contribution < -0.4 is 0 Å². The highest BCUT2D eigenvalue weighted by molar-refractivity contribution is 7.09. The van der Waals surface area contributed by atoms with Gasteiger partial charge in [-0.05, 0) is 37.8 Å². The molecule has 1 heterocycles. The number of nitrogens with zero attached hydrogens (tertiary/aromatic N) is 1. The second-order valence-corrected chi connectivity index (χ2v) is 5.74. The molecule has 2 rings (SSSR count). The molecule has 0 aliphatic rings. The fraction of sp³-hybridized carbons (Fsp3) is 0.400. The molecule has 2 nitrogen and oxygen atoms in total. The molecule has 0 fully saturated rings. The van der Waals surface area contributed by atoms with Crippen molar-refractivity contribution >= 4 is 11.3 Å². The Morgan fingerprint density at radius 3 is 2.72 bits per heavy atom. The second-order valence-electron chi connectivity index (χ2n) is 4.68. The summed E-state index contributed by atoms with van der Waals surface area (Å²) in [6.45, 7) is 4.11. The topological polar surface area (TPSA) is 33.1 Å². The molecule has 0 aliphatic carbocycles. The third-order valence-electron chi connectivity index (χ3n) is 3.12. The molecule has 1 aromatic heterocycles. The Morgan fingerprint density at radius 2 is 2.06 bits per heavy atom. The Labute approximate surface area is 112 Å². The van der Waals surface area contributed by atoms with Crippen molar-refractivity contribution in [2.24, 2.45) is 0 Å². The van der Waals surface area contributed by atoms with Crippen LogP contribution in [-0.2, 0) is 12.8 Å². The van der Waals surface area contributed by atoms with Crippen molar-refractivity contribution in [3.63, 3.8) is 0 Å². The van der Waals surface area contributed by atoms with E-state index in [2.05, 4.69) is 30.1 Å². The van der Waals surface area contributed by atoms with E-state index in [-0.39, 0.29) is 6.10 Å². The zero-order valence-electron chi connectivity index (χ0n) is 10.9. The number of thiazole rings is 1. The number of aliphatic hydroxyl groups is 1. The van der Waals surface area contributed by atoms with E-state index in [4.69, 9.17) is 0 Å². The van der Waals surface area contributed by atoms with Crippen molar-refractivity contribution in [2.75, 3.05) is 0 Å². The average Bonchev–Trinajstić information content (AvgIpc) is 2.74. The molecule has 0 spiro atoms. The normalized spacial score (nSPS) is 12.6. The molecule has 1 N–H and O–H groups in total. The number of hydrogen-bond acceptors (Lipinski definition) is 3. The standard InChI is InChI=1S/C15H19NOS/c1-11-5-3-4-6-13(11)7-8-15(17)9-14-10-18-12(2)16-14/h3-6,10,15,17H,7-9H2,1-2H3. The van der Waals surface area contributed by atoms with E-state index in [1.54, 1.807) is 11.3 Å². The quantitative estimate of drug-likeness (QED) is 0.896. The molecule has 1 atom stereocenters. The molecule has 3 heteroatoms. The molecule has 96 valence electrons. The van der Waals surface area contributed by atoms with Crippen LogP contribution >= 0.6 is 11.3 Å². The van der Waals surface area contributed by atoms with Gasteiger partial charge in [-0.1, -0.05) is 24.3 Å². The van der Waals surface area contributed by atoms with Crippen LogP contribution in [0.2, 0.25) is 0 Å². The Morgan fingerprint density at radius 1 is 1.28 bits per heavy atom. The third kappa shape index (κ3) is 3.65. The molecule has 0 amide bonds. The Hall–Kier alpha value is -1.19. The molecule has 0 saturated carbocycles. The first kappa shape index (κ1) is 13.2. The van der Waals surface area contributed by atoms with Gasteiger partial charge >= 0.3 is 0 Å². The first-order valence-electron chi connectivity index (χ1n) is 6.28. The molecular formula is C15H19NOS. The Kier molecular flexibility index (Phi) is 4.50. The third-order valence-corrected chi connectivity index (χ3v) is 3.94. The van der Waals surface area contributed by atoms with Crippen LogP contribution in [-0.4, -0.2) is 16.2 Å². The van der Waals surface area contributed by atoms with E-state index in [1.165, 1.54) is 11.1 Å². The maximum Gasteiger partial charge on any atom is 0.0897 e. The first-order chi connectivity index (χ1) is 8.65. The smallest absolute Gasteiger partial charge is 0.0897 e. The number of benzene rings is 1. The molecule has 0 saturated heterocycles. The SMILES string of the molecule is Cc1nc(CC(O)CCc2ccccc2C)cs1. The van der Waals surface area contributed by atoms with Crippen molar-refractivity contribution in [3.8, 4) is 0 Å². The molecule has 18 heavy (non-hydrogen) atoms. The molecule has 1 aromatic carbocycles. The van der Waals surface area contributed by atoms with E-state index in [9.17, 15) is 5.11 Å². The highest BCUT2D eigenvalue weighted by Crippen LogP contribution is 2.14. The van der Waals surface area contributed by atoms with Gasteiger partial charge in [-0.2, -0.15) is 0 Å². The summed E-state index contributed by atoms with van der Waals surface area (Å²) in [6.07, 6.45) is 2.08. The zero-order chi connectivity index (χ0) is 13.0. The second kappa shape index (κ2) is 6.12. The Bertz CT molecular complexity index is 507. The minimum Gasteiger partial charge on any atom is -0.393 e. The summed E-state index contributed by atoms with van der Waals surface area (Å²) in [5, 5.41) is 13.1. The summed E-state index contributed by atoms with van der Waals surface area (Å²) in [7, 11) is 0. The lowest BCUT2D eigenvalue weighted by atomic mass is 10.0. The van der Waals surface area contributed by atoms with Crippen molar-refractivity contribution < 1.29 is 5.11 Å². The minimum atomic E-state index is -0.300. The maximum atomic E-state index is 10.0. The number of rotatable bonds is 5. The molecule has 0 aliphatic heterocycles. The van der Waals surface area contributed by atoms with Crippen LogP contribution in [0.25, 0.3) is 0 Å². The summed E-state index contributed by atoms with van der Waals surface area (Å²) in [5.74, 6) is 0. The largest absolute Gasteiger partial charge is 0.393 e. The lowest BCUT2D eigenvalue weighted by Gasteiger charge is -2.10.